The van der Waals surface area contributed by atoms with Gasteiger partial charge in [0, 0.05) is 30.9 Å². The number of nitrogens with zero attached hydrogens (tertiary/aromatic N) is 2. The Kier molecular flexibility index (Phi) is 4.61. The summed E-state index contributed by atoms with van der Waals surface area (Å²) in [5.41, 5.74) is 4.87. The van der Waals surface area contributed by atoms with Crippen LogP contribution in [0.3, 0.4) is 0 Å². The molecule has 0 saturated carbocycles. The molecule has 0 fully saturated rings. The van der Waals surface area contributed by atoms with Crippen LogP contribution in [0.5, 0.6) is 0 Å². The summed E-state index contributed by atoms with van der Waals surface area (Å²) in [6.45, 7) is 6.00. The van der Waals surface area contributed by atoms with Gasteiger partial charge < -0.3 is 10.6 Å². The predicted molar refractivity (Wildman–Crippen MR) is 96.4 cm³/mol. The zero-order valence-electron chi connectivity index (χ0n) is 15.1. The molecule has 6 heteroatoms. The van der Waals surface area contributed by atoms with Gasteiger partial charge >= 0.3 is 0 Å². The fraction of sp³-hybridized carbons (Fsp3) is 0.421. The van der Waals surface area contributed by atoms with Gasteiger partial charge in [-0.2, -0.15) is 5.10 Å². The first kappa shape index (κ1) is 17.2. The Hall–Kier alpha value is -2.63. The van der Waals surface area contributed by atoms with Crippen molar-refractivity contribution in [1.82, 2.24) is 15.1 Å². The maximum absolute atomic E-state index is 12.8. The summed E-state index contributed by atoms with van der Waals surface area (Å²) in [5.74, 6) is -0.664. The van der Waals surface area contributed by atoms with E-state index in [4.69, 9.17) is 0 Å². The van der Waals surface area contributed by atoms with Gasteiger partial charge in [0.15, 0.2) is 0 Å². The molecule has 0 aliphatic carbocycles. The van der Waals surface area contributed by atoms with Crippen molar-refractivity contribution >= 4 is 17.5 Å². The Balaban J connectivity index is 1.73. The summed E-state index contributed by atoms with van der Waals surface area (Å²) in [6, 6.07) is 7.45. The van der Waals surface area contributed by atoms with Crippen molar-refractivity contribution in [3.8, 4) is 0 Å². The number of para-hydroxylation sites is 1. The van der Waals surface area contributed by atoms with Gasteiger partial charge in [-0.3, -0.25) is 14.3 Å². The van der Waals surface area contributed by atoms with Crippen LogP contribution in [-0.2, 0) is 23.1 Å². The zero-order chi connectivity index (χ0) is 18.1. The van der Waals surface area contributed by atoms with Gasteiger partial charge in [0.1, 0.15) is 0 Å². The van der Waals surface area contributed by atoms with Gasteiger partial charge in [0.2, 0.25) is 11.8 Å². The number of hydrogen-bond donors (Lipinski definition) is 2. The lowest BCUT2D eigenvalue weighted by Crippen LogP contribution is -2.40. The van der Waals surface area contributed by atoms with Crippen LogP contribution in [0.25, 0.3) is 0 Å². The molecule has 1 aliphatic heterocycles. The smallest absolute Gasteiger partial charge is 0.228 e. The molecule has 2 heterocycles. The number of aryl methyl sites for hydroxylation is 2. The molecule has 2 N–H and O–H groups in total. The number of carbonyl (C=O) groups is 2. The summed E-state index contributed by atoms with van der Waals surface area (Å²) in [4.78, 5) is 24.7. The van der Waals surface area contributed by atoms with Crippen LogP contribution in [0.2, 0.25) is 0 Å². The van der Waals surface area contributed by atoms with E-state index < -0.39 is 5.92 Å². The highest BCUT2D eigenvalue weighted by atomic mass is 16.2. The van der Waals surface area contributed by atoms with Crippen LogP contribution in [0.15, 0.2) is 24.3 Å². The number of amides is 2. The van der Waals surface area contributed by atoms with Crippen LogP contribution in [0.4, 0.5) is 5.69 Å². The molecule has 3 rings (SSSR count). The number of carbonyl (C=O) groups excluding carboxylic acids is 2. The maximum Gasteiger partial charge on any atom is 0.228 e. The number of aromatic nitrogens is 2. The molecule has 0 saturated heterocycles. The summed E-state index contributed by atoms with van der Waals surface area (Å²) >= 11 is 0. The molecular formula is C19H24N4O2. The Bertz CT molecular complexity index is 825. The van der Waals surface area contributed by atoms with Crippen molar-refractivity contribution in [2.24, 2.45) is 7.05 Å². The van der Waals surface area contributed by atoms with Crippen molar-refractivity contribution in [2.45, 2.75) is 45.6 Å². The van der Waals surface area contributed by atoms with Gasteiger partial charge in [-0.1, -0.05) is 18.2 Å². The van der Waals surface area contributed by atoms with Gasteiger partial charge in [-0.25, -0.2) is 0 Å². The number of rotatable bonds is 4. The summed E-state index contributed by atoms with van der Waals surface area (Å²) < 4.78 is 1.86. The lowest BCUT2D eigenvalue weighted by atomic mass is 9.89. The molecular weight excluding hydrogens is 316 g/mol. The minimum Gasteiger partial charge on any atom is -0.353 e. The van der Waals surface area contributed by atoms with Crippen molar-refractivity contribution in [1.29, 1.82) is 0 Å². The molecule has 2 atom stereocenters. The van der Waals surface area contributed by atoms with Crippen molar-refractivity contribution in [3.63, 3.8) is 0 Å². The molecule has 1 aromatic heterocycles. The lowest BCUT2D eigenvalue weighted by Gasteiger charge is -2.26. The second kappa shape index (κ2) is 6.70. The third kappa shape index (κ3) is 3.43. The average molecular weight is 340 g/mol. The van der Waals surface area contributed by atoms with Gasteiger partial charge in [-0.15, -0.1) is 0 Å². The number of hydrogen-bond acceptors (Lipinski definition) is 3. The fourth-order valence-corrected chi connectivity index (χ4v) is 3.46. The normalized spacial score (nSPS) is 17.6. The van der Waals surface area contributed by atoms with E-state index in [1.54, 1.807) is 0 Å². The summed E-state index contributed by atoms with van der Waals surface area (Å²) in [6.07, 6.45) is 0.901. The molecule has 1 aromatic carbocycles. The van der Waals surface area contributed by atoms with Crippen LogP contribution in [-0.4, -0.2) is 27.6 Å². The van der Waals surface area contributed by atoms with E-state index in [1.807, 2.05) is 56.8 Å². The van der Waals surface area contributed by atoms with Crippen LogP contribution >= 0.6 is 0 Å². The minimum atomic E-state index is -0.441. The minimum absolute atomic E-state index is 0.0359. The lowest BCUT2D eigenvalue weighted by molar-refractivity contribution is -0.126. The van der Waals surface area contributed by atoms with Gasteiger partial charge in [-0.05, 0) is 44.4 Å². The molecule has 0 spiro atoms. The Morgan fingerprint density at radius 3 is 2.80 bits per heavy atom. The SMILES string of the molecule is Cc1nn(C)c(C)c1C[C@@H](C)NC(=O)[C@@H]1CC(=O)Nc2ccccc21. The van der Waals surface area contributed by atoms with Gasteiger partial charge in [0.25, 0.3) is 0 Å². The third-order valence-electron chi connectivity index (χ3n) is 4.87. The number of benzene rings is 1. The van der Waals surface area contributed by atoms with E-state index >= 15 is 0 Å². The molecule has 25 heavy (non-hydrogen) atoms. The maximum atomic E-state index is 12.8. The fourth-order valence-electron chi connectivity index (χ4n) is 3.46. The van der Waals surface area contributed by atoms with Crippen molar-refractivity contribution in [3.05, 3.63) is 46.8 Å². The zero-order valence-corrected chi connectivity index (χ0v) is 15.1. The predicted octanol–water partition coefficient (Wildman–Crippen LogP) is 2.21. The van der Waals surface area contributed by atoms with Crippen LogP contribution in [0, 0.1) is 13.8 Å². The highest BCUT2D eigenvalue weighted by Gasteiger charge is 2.31. The topological polar surface area (TPSA) is 76.0 Å². The highest BCUT2D eigenvalue weighted by Crippen LogP contribution is 2.32. The quantitative estimate of drug-likeness (QED) is 0.896. The van der Waals surface area contributed by atoms with E-state index in [-0.39, 0.29) is 24.3 Å². The first-order chi connectivity index (χ1) is 11.9. The molecule has 0 bridgehead atoms. The third-order valence-corrected chi connectivity index (χ3v) is 4.87. The summed E-state index contributed by atoms with van der Waals surface area (Å²) in [7, 11) is 1.92. The molecule has 1 aliphatic rings. The van der Waals surface area contributed by atoms with E-state index in [9.17, 15) is 9.59 Å². The highest BCUT2D eigenvalue weighted by molar-refractivity contribution is 6.01. The van der Waals surface area contributed by atoms with E-state index in [0.717, 1.165) is 34.6 Å². The number of anilines is 1. The Morgan fingerprint density at radius 2 is 2.12 bits per heavy atom. The Morgan fingerprint density at radius 1 is 1.40 bits per heavy atom. The molecule has 0 unspecified atom stereocenters. The van der Waals surface area contributed by atoms with Crippen LogP contribution < -0.4 is 10.6 Å². The first-order valence-electron chi connectivity index (χ1n) is 8.55. The molecule has 132 valence electrons. The average Bonchev–Trinajstić information content (AvgIpc) is 2.80. The number of fused-ring (bicyclic) bond motifs is 1. The van der Waals surface area contributed by atoms with E-state index in [1.165, 1.54) is 0 Å². The number of nitrogens with one attached hydrogen (secondary N) is 2. The van der Waals surface area contributed by atoms with Crippen molar-refractivity contribution in [2.75, 3.05) is 5.32 Å². The largest absolute Gasteiger partial charge is 0.353 e. The second-order valence-electron chi connectivity index (χ2n) is 6.78. The van der Waals surface area contributed by atoms with Gasteiger partial charge in [0.05, 0.1) is 11.6 Å². The molecule has 0 radical (unpaired) electrons. The molecule has 6 nitrogen and oxygen atoms in total. The van der Waals surface area contributed by atoms with Crippen molar-refractivity contribution < 1.29 is 9.59 Å². The second-order valence-corrected chi connectivity index (χ2v) is 6.78. The molecule has 2 aromatic rings. The Labute approximate surface area is 147 Å². The standard InChI is InChI=1S/C19H24N4O2/c1-11(9-15-12(2)22-23(4)13(15)3)20-19(25)16-10-18(24)21-17-8-6-5-7-14(16)17/h5-8,11,16H,9-10H2,1-4H3,(H,20,25)(H,21,24)/t11-,16-/m1/s1. The summed E-state index contributed by atoms with van der Waals surface area (Å²) in [5, 5.41) is 10.3. The monoisotopic (exact) mass is 340 g/mol. The van der Waals surface area contributed by atoms with E-state index in [0.29, 0.717) is 0 Å². The first-order valence-corrected chi connectivity index (χ1v) is 8.55. The molecule has 2 amide bonds. The van der Waals surface area contributed by atoms with Crippen LogP contribution in [0.1, 0.15) is 41.8 Å². The van der Waals surface area contributed by atoms with E-state index in [2.05, 4.69) is 15.7 Å².